The van der Waals surface area contributed by atoms with Crippen molar-refractivity contribution in [3.05, 3.63) is 29.8 Å². The maximum atomic E-state index is 11.6. The molecule has 160 valence electrons. The SMILES string of the molecule is CCNC(=NCc1ccc(S(C)(=O)=O)cc1)NCCNC(=O)OC(C)(C)C.I. The summed E-state index contributed by atoms with van der Waals surface area (Å²) in [6.45, 7) is 9.35. The van der Waals surface area contributed by atoms with Gasteiger partial charge in [-0.05, 0) is 45.4 Å². The molecule has 0 radical (unpaired) electrons. The van der Waals surface area contributed by atoms with Crippen molar-refractivity contribution in [2.75, 3.05) is 25.9 Å². The molecule has 1 aromatic carbocycles. The fraction of sp³-hybridized carbons (Fsp3) is 0.556. The van der Waals surface area contributed by atoms with Gasteiger partial charge in [0.2, 0.25) is 0 Å². The number of aliphatic imine (C=N–C) groups is 1. The second-order valence-corrected chi connectivity index (χ2v) is 8.98. The molecule has 8 nitrogen and oxygen atoms in total. The summed E-state index contributed by atoms with van der Waals surface area (Å²) in [5.74, 6) is 0.607. The zero-order chi connectivity index (χ0) is 20.5. The van der Waals surface area contributed by atoms with Crippen LogP contribution in [0.5, 0.6) is 0 Å². The van der Waals surface area contributed by atoms with E-state index < -0.39 is 21.5 Å². The zero-order valence-corrected chi connectivity index (χ0v) is 20.2. The van der Waals surface area contributed by atoms with Crippen molar-refractivity contribution < 1.29 is 17.9 Å². The minimum atomic E-state index is -3.20. The van der Waals surface area contributed by atoms with Crippen molar-refractivity contribution in [3.63, 3.8) is 0 Å². The van der Waals surface area contributed by atoms with Gasteiger partial charge in [-0.2, -0.15) is 0 Å². The van der Waals surface area contributed by atoms with Crippen LogP contribution < -0.4 is 16.0 Å². The van der Waals surface area contributed by atoms with Crippen molar-refractivity contribution >= 4 is 45.9 Å². The highest BCUT2D eigenvalue weighted by Crippen LogP contribution is 2.11. The Balaban J connectivity index is 0.00000729. The van der Waals surface area contributed by atoms with Gasteiger partial charge >= 0.3 is 6.09 Å². The van der Waals surface area contributed by atoms with E-state index in [0.29, 0.717) is 32.1 Å². The lowest BCUT2D eigenvalue weighted by molar-refractivity contribution is 0.0529. The number of ether oxygens (including phenoxy) is 1. The minimum Gasteiger partial charge on any atom is -0.444 e. The maximum Gasteiger partial charge on any atom is 0.407 e. The zero-order valence-electron chi connectivity index (χ0n) is 17.0. The number of halogens is 1. The van der Waals surface area contributed by atoms with E-state index in [0.717, 1.165) is 5.56 Å². The van der Waals surface area contributed by atoms with Crippen molar-refractivity contribution in [1.29, 1.82) is 0 Å². The number of amides is 1. The quantitative estimate of drug-likeness (QED) is 0.218. The molecule has 0 fully saturated rings. The highest BCUT2D eigenvalue weighted by atomic mass is 127. The molecule has 1 amide bonds. The Hall–Kier alpha value is -1.56. The van der Waals surface area contributed by atoms with Crippen LogP contribution in [-0.2, 0) is 21.1 Å². The summed E-state index contributed by atoms with van der Waals surface area (Å²) in [4.78, 5) is 16.3. The second-order valence-electron chi connectivity index (χ2n) is 6.97. The molecule has 0 aromatic heterocycles. The van der Waals surface area contributed by atoms with Crippen LogP contribution >= 0.6 is 24.0 Å². The van der Waals surface area contributed by atoms with Crippen LogP contribution in [0.25, 0.3) is 0 Å². The summed E-state index contributed by atoms with van der Waals surface area (Å²) in [5, 5.41) is 8.90. The third-order valence-corrected chi connectivity index (χ3v) is 4.33. The molecule has 0 saturated carbocycles. The van der Waals surface area contributed by atoms with Crippen molar-refractivity contribution in [2.24, 2.45) is 4.99 Å². The van der Waals surface area contributed by atoms with E-state index >= 15 is 0 Å². The van der Waals surface area contributed by atoms with E-state index in [1.165, 1.54) is 6.26 Å². The van der Waals surface area contributed by atoms with E-state index in [-0.39, 0.29) is 28.9 Å². The van der Waals surface area contributed by atoms with Gasteiger partial charge in [0.15, 0.2) is 15.8 Å². The molecule has 0 saturated heterocycles. The highest BCUT2D eigenvalue weighted by Gasteiger charge is 2.15. The fourth-order valence-electron chi connectivity index (χ4n) is 2.01. The maximum absolute atomic E-state index is 11.6. The Morgan fingerprint density at radius 1 is 1.07 bits per heavy atom. The van der Waals surface area contributed by atoms with Gasteiger partial charge in [0.05, 0.1) is 11.4 Å². The van der Waals surface area contributed by atoms with Gasteiger partial charge in [-0.25, -0.2) is 18.2 Å². The number of carbonyl (C=O) groups is 1. The largest absolute Gasteiger partial charge is 0.444 e. The molecule has 1 aromatic rings. The predicted octanol–water partition coefficient (Wildman–Crippen LogP) is 2.29. The molecule has 10 heteroatoms. The summed E-state index contributed by atoms with van der Waals surface area (Å²) in [5.41, 5.74) is 0.368. The van der Waals surface area contributed by atoms with Gasteiger partial charge in [-0.3, -0.25) is 0 Å². The standard InChI is InChI=1S/C18H30N4O4S.HI/c1-6-19-16(20-11-12-21-17(23)26-18(2,3)4)22-13-14-7-9-15(10-8-14)27(5,24)25;/h7-10H,6,11-13H2,1-5H3,(H,21,23)(H2,19,20,22);1H. The molecule has 0 aliphatic rings. The van der Waals surface area contributed by atoms with E-state index in [1.807, 2.05) is 27.7 Å². The monoisotopic (exact) mass is 526 g/mol. The number of sulfone groups is 1. The number of rotatable bonds is 7. The third kappa shape index (κ3) is 11.3. The number of alkyl carbamates (subject to hydrolysis) is 1. The van der Waals surface area contributed by atoms with Crippen LogP contribution in [0.15, 0.2) is 34.2 Å². The van der Waals surface area contributed by atoms with Gasteiger partial charge in [0.25, 0.3) is 0 Å². The van der Waals surface area contributed by atoms with Crippen molar-refractivity contribution in [3.8, 4) is 0 Å². The highest BCUT2D eigenvalue weighted by molar-refractivity contribution is 14.0. The Kier molecular flexibility index (Phi) is 11.4. The van der Waals surface area contributed by atoms with E-state index in [2.05, 4.69) is 20.9 Å². The molecule has 3 N–H and O–H groups in total. The Morgan fingerprint density at radius 2 is 1.64 bits per heavy atom. The van der Waals surface area contributed by atoms with Gasteiger partial charge < -0.3 is 20.7 Å². The van der Waals surface area contributed by atoms with Crippen LogP contribution in [0.3, 0.4) is 0 Å². The van der Waals surface area contributed by atoms with Gasteiger partial charge in [-0.15, -0.1) is 24.0 Å². The summed E-state index contributed by atoms with van der Waals surface area (Å²) >= 11 is 0. The lowest BCUT2D eigenvalue weighted by atomic mass is 10.2. The first-order chi connectivity index (χ1) is 12.5. The first-order valence-corrected chi connectivity index (χ1v) is 10.7. The molecule has 0 heterocycles. The topological polar surface area (TPSA) is 109 Å². The molecule has 0 aliphatic carbocycles. The average Bonchev–Trinajstić information content (AvgIpc) is 2.54. The summed E-state index contributed by atoms with van der Waals surface area (Å²) < 4.78 is 28.1. The van der Waals surface area contributed by atoms with Gasteiger partial charge in [0.1, 0.15) is 5.60 Å². The molecule has 0 unspecified atom stereocenters. The number of nitrogens with zero attached hydrogens (tertiary/aromatic N) is 1. The molecular formula is C18H31IN4O4S. The number of hydrogen-bond acceptors (Lipinski definition) is 5. The first kappa shape index (κ1) is 26.4. The Morgan fingerprint density at radius 3 is 2.14 bits per heavy atom. The molecular weight excluding hydrogens is 495 g/mol. The first-order valence-electron chi connectivity index (χ1n) is 8.79. The predicted molar refractivity (Wildman–Crippen MR) is 122 cm³/mol. The summed E-state index contributed by atoms with van der Waals surface area (Å²) in [7, 11) is -3.20. The number of nitrogens with one attached hydrogen (secondary N) is 3. The fourth-order valence-corrected chi connectivity index (χ4v) is 2.64. The number of carbonyl (C=O) groups excluding carboxylic acids is 1. The van der Waals surface area contributed by atoms with Crippen LogP contribution in [-0.4, -0.2) is 52.0 Å². The average molecular weight is 526 g/mol. The second kappa shape index (κ2) is 12.1. The van der Waals surface area contributed by atoms with E-state index in [1.54, 1.807) is 24.3 Å². The molecule has 28 heavy (non-hydrogen) atoms. The molecule has 0 aliphatic heterocycles. The van der Waals surface area contributed by atoms with Crippen LogP contribution in [0.4, 0.5) is 4.79 Å². The van der Waals surface area contributed by atoms with Crippen molar-refractivity contribution in [1.82, 2.24) is 16.0 Å². The smallest absolute Gasteiger partial charge is 0.407 e. The third-order valence-electron chi connectivity index (χ3n) is 3.20. The summed E-state index contributed by atoms with van der Waals surface area (Å²) in [6, 6.07) is 6.64. The van der Waals surface area contributed by atoms with E-state index in [4.69, 9.17) is 4.74 Å². The Bertz CT molecular complexity index is 744. The van der Waals surface area contributed by atoms with E-state index in [9.17, 15) is 13.2 Å². The lowest BCUT2D eigenvalue weighted by Crippen LogP contribution is -2.42. The van der Waals surface area contributed by atoms with Gasteiger partial charge in [0, 0.05) is 25.9 Å². The summed E-state index contributed by atoms with van der Waals surface area (Å²) in [6.07, 6.45) is 0.718. The van der Waals surface area contributed by atoms with Gasteiger partial charge in [-0.1, -0.05) is 12.1 Å². The van der Waals surface area contributed by atoms with Crippen LogP contribution in [0.2, 0.25) is 0 Å². The Labute approximate surface area is 184 Å². The normalized spacial score (nSPS) is 12.0. The number of hydrogen-bond donors (Lipinski definition) is 3. The van der Waals surface area contributed by atoms with Crippen LogP contribution in [0.1, 0.15) is 33.3 Å². The number of benzene rings is 1. The number of guanidine groups is 1. The van der Waals surface area contributed by atoms with Crippen molar-refractivity contribution in [2.45, 2.75) is 44.7 Å². The molecule has 1 rings (SSSR count). The minimum absolute atomic E-state index is 0. The molecule has 0 atom stereocenters. The lowest BCUT2D eigenvalue weighted by Gasteiger charge is -2.19. The van der Waals surface area contributed by atoms with Crippen LogP contribution in [0, 0.1) is 0 Å². The molecule has 0 bridgehead atoms. The molecule has 0 spiro atoms.